The summed E-state index contributed by atoms with van der Waals surface area (Å²) in [6, 6.07) is 11.3. The Morgan fingerprint density at radius 1 is 1.27 bits per heavy atom. The number of carbonyl (C=O) groups excluding carboxylic acids is 1. The normalized spacial score (nSPS) is 13.2. The molecule has 0 saturated carbocycles. The summed E-state index contributed by atoms with van der Waals surface area (Å²) in [6.45, 7) is 3.27. The van der Waals surface area contributed by atoms with Gasteiger partial charge in [-0.1, -0.05) is 25.1 Å². The second-order valence-corrected chi connectivity index (χ2v) is 6.95. The predicted octanol–water partition coefficient (Wildman–Crippen LogP) is 4.86. The van der Waals surface area contributed by atoms with E-state index in [1.165, 1.54) is 0 Å². The van der Waals surface area contributed by atoms with Gasteiger partial charge in [0.1, 0.15) is 17.2 Å². The third kappa shape index (κ3) is 4.41. The molecule has 0 unspecified atom stereocenters. The van der Waals surface area contributed by atoms with Crippen LogP contribution in [0.25, 0.3) is 6.08 Å². The molecular formula is C21H22O4S. The van der Waals surface area contributed by atoms with E-state index in [-0.39, 0.29) is 5.78 Å². The Hall–Kier alpha value is -2.40. The molecule has 0 spiro atoms. The molecule has 0 aliphatic carbocycles. The van der Waals surface area contributed by atoms with E-state index in [1.807, 2.05) is 37.3 Å². The predicted molar refractivity (Wildman–Crippen MR) is 105 cm³/mol. The zero-order valence-electron chi connectivity index (χ0n) is 15.0. The molecule has 1 aliphatic heterocycles. The quantitative estimate of drug-likeness (QED) is 0.514. The lowest BCUT2D eigenvalue weighted by Crippen LogP contribution is -2.10. The SMILES string of the molecule is CCCOc1cc2c(cc1C(=O)/C=C/c1ccc(OC)cc1)OCCS2. The van der Waals surface area contributed by atoms with Gasteiger partial charge < -0.3 is 14.2 Å². The number of thioether (sulfide) groups is 1. The number of hydrogen-bond donors (Lipinski definition) is 0. The van der Waals surface area contributed by atoms with Crippen LogP contribution in [0, 0.1) is 0 Å². The highest BCUT2D eigenvalue weighted by Gasteiger charge is 2.19. The van der Waals surface area contributed by atoms with Crippen molar-refractivity contribution in [2.45, 2.75) is 18.2 Å². The smallest absolute Gasteiger partial charge is 0.189 e. The number of carbonyl (C=O) groups is 1. The highest BCUT2D eigenvalue weighted by molar-refractivity contribution is 7.99. The van der Waals surface area contributed by atoms with Crippen LogP contribution in [0.3, 0.4) is 0 Å². The summed E-state index contributed by atoms with van der Waals surface area (Å²) < 4.78 is 16.7. The first-order chi connectivity index (χ1) is 12.7. The van der Waals surface area contributed by atoms with Crippen molar-refractivity contribution in [3.05, 3.63) is 53.6 Å². The Kier molecular flexibility index (Phi) is 6.23. The first-order valence-electron chi connectivity index (χ1n) is 8.64. The van der Waals surface area contributed by atoms with Crippen LogP contribution >= 0.6 is 11.8 Å². The molecule has 0 aromatic heterocycles. The fourth-order valence-electron chi connectivity index (χ4n) is 2.57. The zero-order chi connectivity index (χ0) is 18.4. The molecule has 1 heterocycles. The summed E-state index contributed by atoms with van der Waals surface area (Å²) in [4.78, 5) is 13.8. The molecule has 2 aromatic rings. The van der Waals surface area contributed by atoms with Gasteiger partial charge in [0.25, 0.3) is 0 Å². The first-order valence-corrected chi connectivity index (χ1v) is 9.62. The molecule has 0 bridgehead atoms. The second-order valence-electron chi connectivity index (χ2n) is 5.81. The van der Waals surface area contributed by atoms with Crippen LogP contribution in [-0.2, 0) is 0 Å². The molecule has 4 nitrogen and oxygen atoms in total. The minimum absolute atomic E-state index is 0.103. The van der Waals surface area contributed by atoms with Crippen LogP contribution in [-0.4, -0.2) is 31.9 Å². The van der Waals surface area contributed by atoms with E-state index in [9.17, 15) is 4.79 Å². The Bertz CT molecular complexity index is 796. The van der Waals surface area contributed by atoms with E-state index in [4.69, 9.17) is 14.2 Å². The average molecular weight is 370 g/mol. The average Bonchev–Trinajstić information content (AvgIpc) is 2.70. The number of methoxy groups -OCH3 is 1. The van der Waals surface area contributed by atoms with Crippen LogP contribution in [0.15, 0.2) is 47.4 Å². The van der Waals surface area contributed by atoms with Gasteiger partial charge in [-0.2, -0.15) is 0 Å². The minimum atomic E-state index is -0.103. The summed E-state index contributed by atoms with van der Waals surface area (Å²) in [5.74, 6) is 2.96. The van der Waals surface area contributed by atoms with Crippen molar-refractivity contribution in [1.82, 2.24) is 0 Å². The molecule has 0 saturated heterocycles. The molecule has 3 rings (SSSR count). The maximum Gasteiger partial charge on any atom is 0.189 e. The van der Waals surface area contributed by atoms with E-state index in [0.717, 1.165) is 34.1 Å². The van der Waals surface area contributed by atoms with Crippen LogP contribution in [0.4, 0.5) is 0 Å². The second kappa shape index (κ2) is 8.81. The third-order valence-electron chi connectivity index (χ3n) is 3.91. The van der Waals surface area contributed by atoms with Gasteiger partial charge in [0.05, 0.1) is 30.8 Å². The molecule has 0 fully saturated rings. The Labute approximate surface area is 158 Å². The van der Waals surface area contributed by atoms with Crippen LogP contribution in [0.2, 0.25) is 0 Å². The summed E-state index contributed by atoms with van der Waals surface area (Å²) in [5, 5.41) is 0. The van der Waals surface area contributed by atoms with Gasteiger partial charge in [-0.05, 0) is 42.3 Å². The molecular weight excluding hydrogens is 348 g/mol. The zero-order valence-corrected chi connectivity index (χ0v) is 15.8. The fraction of sp³-hybridized carbons (Fsp3) is 0.286. The molecule has 26 heavy (non-hydrogen) atoms. The molecule has 136 valence electrons. The number of ether oxygens (including phenoxy) is 3. The highest BCUT2D eigenvalue weighted by Crippen LogP contribution is 2.38. The van der Waals surface area contributed by atoms with Crippen LogP contribution in [0.5, 0.6) is 17.2 Å². The molecule has 1 aliphatic rings. The van der Waals surface area contributed by atoms with Crippen molar-refractivity contribution >= 4 is 23.6 Å². The lowest BCUT2D eigenvalue weighted by Gasteiger charge is -2.19. The van der Waals surface area contributed by atoms with Crippen molar-refractivity contribution in [2.24, 2.45) is 0 Å². The molecule has 0 radical (unpaired) electrons. The van der Waals surface area contributed by atoms with Gasteiger partial charge in [-0.15, -0.1) is 11.8 Å². The molecule has 0 amide bonds. The summed E-state index contributed by atoms with van der Waals surface area (Å²) >= 11 is 1.72. The van der Waals surface area contributed by atoms with Crippen LogP contribution in [0.1, 0.15) is 29.3 Å². The van der Waals surface area contributed by atoms with E-state index in [1.54, 1.807) is 37.1 Å². The number of hydrogen-bond acceptors (Lipinski definition) is 5. The lowest BCUT2D eigenvalue weighted by molar-refractivity contribution is 0.104. The van der Waals surface area contributed by atoms with E-state index in [0.29, 0.717) is 24.5 Å². The van der Waals surface area contributed by atoms with Crippen LogP contribution < -0.4 is 14.2 Å². The van der Waals surface area contributed by atoms with Crippen molar-refractivity contribution in [3.8, 4) is 17.2 Å². The van der Waals surface area contributed by atoms with Gasteiger partial charge in [0.15, 0.2) is 5.78 Å². The third-order valence-corrected chi connectivity index (χ3v) is 4.92. The summed E-state index contributed by atoms with van der Waals surface area (Å²) in [5.41, 5.74) is 1.46. The Balaban J connectivity index is 1.85. The van der Waals surface area contributed by atoms with Gasteiger partial charge in [-0.25, -0.2) is 0 Å². The number of ketones is 1. The minimum Gasteiger partial charge on any atom is -0.497 e. The van der Waals surface area contributed by atoms with Crippen molar-refractivity contribution in [1.29, 1.82) is 0 Å². The topological polar surface area (TPSA) is 44.8 Å². The summed E-state index contributed by atoms with van der Waals surface area (Å²) in [6.07, 6.45) is 4.24. The van der Waals surface area contributed by atoms with E-state index < -0.39 is 0 Å². The van der Waals surface area contributed by atoms with Gasteiger partial charge in [0, 0.05) is 5.75 Å². The Morgan fingerprint density at radius 2 is 2.08 bits per heavy atom. The van der Waals surface area contributed by atoms with Crippen molar-refractivity contribution < 1.29 is 19.0 Å². The van der Waals surface area contributed by atoms with E-state index >= 15 is 0 Å². The molecule has 5 heteroatoms. The number of rotatable bonds is 7. The van der Waals surface area contributed by atoms with Crippen molar-refractivity contribution in [2.75, 3.05) is 26.1 Å². The fourth-order valence-corrected chi connectivity index (χ4v) is 3.41. The number of benzene rings is 2. The molecule has 0 N–H and O–H groups in total. The van der Waals surface area contributed by atoms with Crippen molar-refractivity contribution in [3.63, 3.8) is 0 Å². The number of allylic oxidation sites excluding steroid dienone is 1. The standard InChI is InChI=1S/C21H22O4S/c1-3-10-24-19-14-21-20(25-11-12-26-21)13-17(19)18(22)9-6-15-4-7-16(23-2)8-5-15/h4-9,13-14H,3,10-12H2,1-2H3/b9-6+. The largest absolute Gasteiger partial charge is 0.497 e. The number of fused-ring (bicyclic) bond motifs is 1. The maximum absolute atomic E-state index is 12.8. The monoisotopic (exact) mass is 370 g/mol. The van der Waals surface area contributed by atoms with Gasteiger partial charge >= 0.3 is 0 Å². The Morgan fingerprint density at radius 3 is 2.81 bits per heavy atom. The van der Waals surface area contributed by atoms with E-state index in [2.05, 4.69) is 0 Å². The maximum atomic E-state index is 12.8. The first kappa shape index (κ1) is 18.4. The van der Waals surface area contributed by atoms with Gasteiger partial charge in [0.2, 0.25) is 0 Å². The highest BCUT2D eigenvalue weighted by atomic mass is 32.2. The summed E-state index contributed by atoms with van der Waals surface area (Å²) in [7, 11) is 1.63. The molecule has 2 aromatic carbocycles. The molecule has 0 atom stereocenters. The lowest BCUT2D eigenvalue weighted by atomic mass is 10.1. The van der Waals surface area contributed by atoms with Gasteiger partial charge in [-0.3, -0.25) is 4.79 Å².